The smallest absolute Gasteiger partial charge is 0.252 e. The van der Waals surface area contributed by atoms with E-state index in [4.69, 9.17) is 5.11 Å². The third-order valence-corrected chi connectivity index (χ3v) is 4.00. The van der Waals surface area contributed by atoms with Crippen molar-refractivity contribution in [1.29, 1.82) is 0 Å². The molecule has 0 saturated carbocycles. The second-order valence-corrected chi connectivity index (χ2v) is 6.15. The Hall–Kier alpha value is -0.570. The second kappa shape index (κ2) is 7.13. The molecule has 0 fully saturated rings. The second-order valence-electron chi connectivity index (χ2n) is 6.15. The molecule has 1 aliphatic rings. The normalized spacial score (nSPS) is 16.8. The lowest BCUT2D eigenvalue weighted by atomic mass is 9.84. The molecule has 0 radical (unpaired) electrons. The van der Waals surface area contributed by atoms with E-state index in [1.54, 1.807) is 0 Å². The Labute approximate surface area is 113 Å². The van der Waals surface area contributed by atoms with E-state index < -0.39 is 0 Å². The van der Waals surface area contributed by atoms with Crippen LogP contribution in [0, 0.1) is 5.41 Å². The van der Waals surface area contributed by atoms with Gasteiger partial charge in [-0.3, -0.25) is 9.48 Å². The number of β-amino-alcohol motifs (C(OH)–C–C–N with tert-alkyl or cyclic N) is 1. The highest BCUT2D eigenvalue weighted by atomic mass is 16.3. The van der Waals surface area contributed by atoms with Gasteiger partial charge >= 0.3 is 0 Å². The number of aliphatic hydroxyl groups excluding tert-OH is 1. The molecule has 106 valence electrons. The number of aliphatic hydroxyl groups is 1. The van der Waals surface area contributed by atoms with Crippen LogP contribution in [-0.2, 0) is 0 Å². The van der Waals surface area contributed by atoms with E-state index in [1.165, 1.54) is 37.9 Å². The minimum absolute atomic E-state index is 0.230. The van der Waals surface area contributed by atoms with Crippen molar-refractivity contribution >= 4 is 5.84 Å². The van der Waals surface area contributed by atoms with Crippen molar-refractivity contribution in [3.05, 3.63) is 0 Å². The minimum Gasteiger partial charge on any atom is -0.392 e. The van der Waals surface area contributed by atoms with Gasteiger partial charge in [0, 0.05) is 0 Å². The average molecular weight is 255 g/mol. The van der Waals surface area contributed by atoms with Crippen molar-refractivity contribution in [3.8, 4) is 0 Å². The molecule has 1 heterocycles. The van der Waals surface area contributed by atoms with Crippen molar-refractivity contribution in [3.63, 3.8) is 0 Å². The third kappa shape index (κ3) is 3.98. The molecule has 0 unspecified atom stereocenters. The van der Waals surface area contributed by atoms with Crippen LogP contribution in [0.4, 0.5) is 0 Å². The maximum atomic E-state index is 9.17. The molecule has 3 nitrogen and oxygen atoms in total. The fourth-order valence-electron chi connectivity index (χ4n) is 3.11. The fourth-order valence-corrected chi connectivity index (χ4v) is 3.11. The van der Waals surface area contributed by atoms with Crippen LogP contribution in [0.15, 0.2) is 0 Å². The summed E-state index contributed by atoms with van der Waals surface area (Å²) in [4.78, 5) is 2.36. The van der Waals surface area contributed by atoms with E-state index in [-0.39, 0.29) is 12.0 Å². The first-order valence-electron chi connectivity index (χ1n) is 7.47. The molecule has 0 bridgehead atoms. The summed E-state index contributed by atoms with van der Waals surface area (Å²) in [6.45, 7) is 10.1. The largest absolute Gasteiger partial charge is 0.392 e. The SMILES string of the molecule is CCCCCCC(C)(C)C1=[N+](C)CCN1CCO. The first kappa shape index (κ1) is 15.5. The van der Waals surface area contributed by atoms with Crippen LogP contribution in [0.1, 0.15) is 52.9 Å². The predicted molar refractivity (Wildman–Crippen MR) is 77.3 cm³/mol. The van der Waals surface area contributed by atoms with E-state index in [1.807, 2.05) is 0 Å². The Morgan fingerprint density at radius 2 is 2.00 bits per heavy atom. The molecule has 0 atom stereocenters. The Bertz CT molecular complexity index is 284. The van der Waals surface area contributed by atoms with Gasteiger partial charge in [0.25, 0.3) is 5.84 Å². The molecule has 1 rings (SSSR count). The topological polar surface area (TPSA) is 26.5 Å². The van der Waals surface area contributed by atoms with Gasteiger partial charge in [0.15, 0.2) is 0 Å². The summed E-state index contributed by atoms with van der Waals surface area (Å²) in [6, 6.07) is 0. The standard InChI is InChI=1S/C15H31N2O/c1-5-6-7-8-9-15(2,3)14-16(4)10-11-17(14)12-13-18/h18H,5-13H2,1-4H3/q+1. The number of rotatable bonds is 8. The van der Waals surface area contributed by atoms with Gasteiger partial charge in [-0.1, -0.05) is 32.6 Å². The molecule has 18 heavy (non-hydrogen) atoms. The van der Waals surface area contributed by atoms with Gasteiger partial charge in [0.2, 0.25) is 0 Å². The lowest BCUT2D eigenvalue weighted by molar-refractivity contribution is -0.490. The fraction of sp³-hybridized carbons (Fsp3) is 0.933. The Morgan fingerprint density at radius 3 is 2.61 bits per heavy atom. The van der Waals surface area contributed by atoms with Gasteiger partial charge in [0.05, 0.1) is 19.1 Å². The van der Waals surface area contributed by atoms with Crippen molar-refractivity contribution in [2.75, 3.05) is 33.3 Å². The Balaban J connectivity index is 2.60. The third-order valence-electron chi connectivity index (χ3n) is 4.00. The molecule has 0 aliphatic carbocycles. The molecule has 0 aromatic carbocycles. The van der Waals surface area contributed by atoms with Crippen molar-refractivity contribution in [2.24, 2.45) is 5.41 Å². The summed E-state index contributed by atoms with van der Waals surface area (Å²) >= 11 is 0. The highest BCUT2D eigenvalue weighted by Gasteiger charge is 2.40. The molecular formula is C15H31N2O+. The maximum Gasteiger partial charge on any atom is 0.252 e. The van der Waals surface area contributed by atoms with Gasteiger partial charge in [0.1, 0.15) is 19.6 Å². The highest BCUT2D eigenvalue weighted by Crippen LogP contribution is 2.29. The van der Waals surface area contributed by atoms with E-state index >= 15 is 0 Å². The molecule has 1 N–H and O–H groups in total. The molecule has 0 aromatic heterocycles. The van der Waals surface area contributed by atoms with Crippen LogP contribution < -0.4 is 0 Å². The summed E-state index contributed by atoms with van der Waals surface area (Å²) in [7, 11) is 2.18. The molecular weight excluding hydrogens is 224 g/mol. The summed E-state index contributed by atoms with van der Waals surface area (Å²) in [5, 5.41) is 9.17. The number of nitrogens with zero attached hydrogens (tertiary/aromatic N) is 2. The summed E-state index contributed by atoms with van der Waals surface area (Å²) in [5.74, 6) is 1.42. The molecule has 0 amide bonds. The van der Waals surface area contributed by atoms with E-state index in [2.05, 4.69) is 37.3 Å². The van der Waals surface area contributed by atoms with Gasteiger partial charge in [-0.25, -0.2) is 0 Å². The van der Waals surface area contributed by atoms with Crippen molar-refractivity contribution in [2.45, 2.75) is 52.9 Å². The summed E-state index contributed by atoms with van der Waals surface area (Å²) in [6.07, 6.45) is 6.55. The van der Waals surface area contributed by atoms with Gasteiger partial charge < -0.3 is 5.11 Å². The van der Waals surface area contributed by atoms with Crippen molar-refractivity contribution < 1.29 is 9.68 Å². The van der Waals surface area contributed by atoms with Crippen molar-refractivity contribution in [1.82, 2.24) is 4.90 Å². The van der Waals surface area contributed by atoms with Crippen LogP contribution in [-0.4, -0.2) is 53.7 Å². The van der Waals surface area contributed by atoms with E-state index in [0.717, 1.165) is 19.6 Å². The number of hydrogen-bond acceptors (Lipinski definition) is 2. The average Bonchev–Trinajstić information content (AvgIpc) is 2.67. The quantitative estimate of drug-likeness (QED) is 0.532. The molecule has 0 spiro atoms. The van der Waals surface area contributed by atoms with Crippen LogP contribution in [0.3, 0.4) is 0 Å². The monoisotopic (exact) mass is 255 g/mol. The minimum atomic E-state index is 0.230. The Morgan fingerprint density at radius 1 is 1.28 bits per heavy atom. The number of unbranched alkanes of at least 4 members (excludes halogenated alkanes) is 3. The zero-order valence-corrected chi connectivity index (χ0v) is 12.7. The number of hydrogen-bond donors (Lipinski definition) is 1. The lowest BCUT2D eigenvalue weighted by Gasteiger charge is -2.27. The predicted octanol–water partition coefficient (Wildman–Crippen LogP) is 2.33. The van der Waals surface area contributed by atoms with Gasteiger partial charge in [-0.05, 0) is 20.3 Å². The maximum absolute atomic E-state index is 9.17. The van der Waals surface area contributed by atoms with Gasteiger partial charge in [-0.2, -0.15) is 0 Å². The van der Waals surface area contributed by atoms with Gasteiger partial charge in [-0.15, -0.1) is 0 Å². The van der Waals surface area contributed by atoms with Crippen LogP contribution in [0.25, 0.3) is 0 Å². The zero-order valence-electron chi connectivity index (χ0n) is 12.7. The summed E-state index contributed by atoms with van der Waals surface area (Å²) in [5.41, 5.74) is 0.230. The van der Waals surface area contributed by atoms with Crippen LogP contribution >= 0.6 is 0 Å². The first-order chi connectivity index (χ1) is 8.53. The number of likely N-dealkylation sites (N-methyl/N-ethyl adjacent to an activating group) is 1. The van der Waals surface area contributed by atoms with E-state index in [0.29, 0.717) is 0 Å². The van der Waals surface area contributed by atoms with Crippen LogP contribution in [0.2, 0.25) is 0 Å². The summed E-state index contributed by atoms with van der Waals surface area (Å²) < 4.78 is 2.37. The first-order valence-corrected chi connectivity index (χ1v) is 7.47. The van der Waals surface area contributed by atoms with Crippen LogP contribution in [0.5, 0.6) is 0 Å². The lowest BCUT2D eigenvalue weighted by Crippen LogP contribution is -2.42. The number of amidine groups is 1. The van der Waals surface area contributed by atoms with E-state index in [9.17, 15) is 0 Å². The molecule has 1 aliphatic heterocycles. The highest BCUT2D eigenvalue weighted by molar-refractivity contribution is 5.84. The zero-order chi connectivity index (χ0) is 13.6. The molecule has 0 aromatic rings. The molecule has 0 saturated heterocycles. The Kier molecular flexibility index (Phi) is 6.13. The molecule has 3 heteroatoms.